The van der Waals surface area contributed by atoms with Crippen LogP contribution >= 0.6 is 0 Å². The average molecular weight is 385 g/mol. The Morgan fingerprint density at radius 2 is 1.64 bits per heavy atom. The molecule has 0 spiro atoms. The Bertz CT molecular complexity index is 589. The van der Waals surface area contributed by atoms with E-state index in [2.05, 4.69) is 48.1 Å². The summed E-state index contributed by atoms with van der Waals surface area (Å²) in [6, 6.07) is 0. The molecular formula is C28H48. The molecular weight excluding hydrogens is 336 g/mol. The van der Waals surface area contributed by atoms with E-state index in [0.717, 1.165) is 47.3 Å². The van der Waals surface area contributed by atoms with Crippen LogP contribution in [-0.4, -0.2) is 0 Å². The fourth-order valence-electron chi connectivity index (χ4n) is 9.50. The van der Waals surface area contributed by atoms with Gasteiger partial charge in [-0.1, -0.05) is 46.6 Å². The molecule has 160 valence electrons. The van der Waals surface area contributed by atoms with Crippen molar-refractivity contribution in [2.24, 2.45) is 58.2 Å². The molecule has 0 radical (unpaired) electrons. The number of hydrogen-bond donors (Lipinski definition) is 0. The summed E-state index contributed by atoms with van der Waals surface area (Å²) in [7, 11) is 0. The van der Waals surface area contributed by atoms with Crippen LogP contribution in [0.4, 0.5) is 0 Å². The van der Waals surface area contributed by atoms with E-state index in [9.17, 15) is 0 Å². The summed E-state index contributed by atoms with van der Waals surface area (Å²) in [5, 5.41) is 0. The molecule has 0 N–H and O–H groups in total. The van der Waals surface area contributed by atoms with E-state index >= 15 is 0 Å². The molecule has 6 unspecified atom stereocenters. The van der Waals surface area contributed by atoms with Crippen LogP contribution in [0.25, 0.3) is 0 Å². The lowest BCUT2D eigenvalue weighted by molar-refractivity contribution is -0.142. The molecule has 0 aromatic carbocycles. The molecule has 0 heteroatoms. The lowest BCUT2D eigenvalue weighted by Gasteiger charge is -2.63. The van der Waals surface area contributed by atoms with E-state index in [1.165, 1.54) is 69.8 Å². The van der Waals surface area contributed by atoms with Gasteiger partial charge in [0.2, 0.25) is 0 Å². The highest BCUT2D eigenvalue weighted by Gasteiger charge is 2.61. The highest BCUT2D eigenvalue weighted by atomic mass is 14.7. The quantitative estimate of drug-likeness (QED) is 0.426. The first-order valence-electron chi connectivity index (χ1n) is 12.8. The van der Waals surface area contributed by atoms with Crippen molar-refractivity contribution in [3.8, 4) is 0 Å². The second-order valence-electron chi connectivity index (χ2n) is 12.8. The lowest BCUT2D eigenvalue weighted by atomic mass is 9.42. The molecule has 0 heterocycles. The van der Waals surface area contributed by atoms with Crippen molar-refractivity contribution in [3.63, 3.8) is 0 Å². The third kappa shape index (κ3) is 3.24. The van der Waals surface area contributed by atoms with Crippen molar-refractivity contribution in [2.45, 2.75) is 106 Å². The van der Waals surface area contributed by atoms with Crippen molar-refractivity contribution in [1.82, 2.24) is 0 Å². The van der Waals surface area contributed by atoms with Crippen LogP contribution in [0, 0.1) is 58.2 Å². The van der Waals surface area contributed by atoms with E-state index in [1.54, 1.807) is 0 Å². The van der Waals surface area contributed by atoms with Gasteiger partial charge in [0.15, 0.2) is 0 Å². The second kappa shape index (κ2) is 7.46. The highest BCUT2D eigenvalue weighted by molar-refractivity contribution is 5.11. The first-order valence-corrected chi connectivity index (χ1v) is 12.8. The van der Waals surface area contributed by atoms with Gasteiger partial charge in [0, 0.05) is 0 Å². The Morgan fingerprint density at radius 3 is 2.36 bits per heavy atom. The third-order valence-corrected chi connectivity index (χ3v) is 11.1. The van der Waals surface area contributed by atoms with Gasteiger partial charge in [-0.15, -0.1) is 6.58 Å². The molecule has 0 nitrogen and oxygen atoms in total. The molecule has 0 bridgehead atoms. The zero-order valence-electron chi connectivity index (χ0n) is 19.9. The Labute approximate surface area is 176 Å². The van der Waals surface area contributed by atoms with Crippen molar-refractivity contribution in [3.05, 3.63) is 12.2 Å². The van der Waals surface area contributed by atoms with Crippen LogP contribution in [0.15, 0.2) is 12.2 Å². The largest absolute Gasteiger partial charge is 0.100 e. The molecule has 0 amide bonds. The van der Waals surface area contributed by atoms with E-state index < -0.39 is 0 Å². The molecule has 0 saturated heterocycles. The fourth-order valence-corrected chi connectivity index (χ4v) is 9.50. The van der Waals surface area contributed by atoms with Gasteiger partial charge < -0.3 is 0 Å². The van der Waals surface area contributed by atoms with Crippen molar-refractivity contribution < 1.29 is 0 Å². The van der Waals surface area contributed by atoms with Gasteiger partial charge in [-0.25, -0.2) is 0 Å². The van der Waals surface area contributed by atoms with Gasteiger partial charge in [0.1, 0.15) is 0 Å². The summed E-state index contributed by atoms with van der Waals surface area (Å²) in [4.78, 5) is 0. The van der Waals surface area contributed by atoms with Crippen molar-refractivity contribution in [2.75, 3.05) is 0 Å². The van der Waals surface area contributed by atoms with Gasteiger partial charge in [-0.2, -0.15) is 0 Å². The van der Waals surface area contributed by atoms with E-state index in [1.807, 2.05) is 0 Å². The number of hydrogen-bond acceptors (Lipinski definition) is 0. The standard InChI is InChI=1S/C28H48/c1-18(2)8-9-20(4)23-10-11-24-26-21(5)17-22-16-19(3)12-14-27(22,6)25(26)13-15-28(23,24)7/h19-26H,1,8-17H2,2-7H3/t19-,20-,21?,22?,23?,24+,25+,26?,27?,28?/m1/s1. The topological polar surface area (TPSA) is 0 Å². The van der Waals surface area contributed by atoms with Crippen LogP contribution in [0.3, 0.4) is 0 Å². The number of rotatable bonds is 4. The van der Waals surface area contributed by atoms with Crippen molar-refractivity contribution in [1.29, 1.82) is 0 Å². The van der Waals surface area contributed by atoms with Gasteiger partial charge in [-0.3, -0.25) is 0 Å². The summed E-state index contributed by atoms with van der Waals surface area (Å²) in [6.45, 7) is 19.6. The molecule has 4 fully saturated rings. The molecule has 4 rings (SSSR count). The zero-order chi connectivity index (χ0) is 20.3. The number of allylic oxidation sites excluding steroid dienone is 1. The van der Waals surface area contributed by atoms with Gasteiger partial charge in [0.25, 0.3) is 0 Å². The monoisotopic (exact) mass is 384 g/mol. The molecule has 10 atom stereocenters. The van der Waals surface area contributed by atoms with Crippen LogP contribution in [0.5, 0.6) is 0 Å². The van der Waals surface area contributed by atoms with E-state index in [-0.39, 0.29) is 0 Å². The van der Waals surface area contributed by atoms with E-state index in [0.29, 0.717) is 10.8 Å². The highest BCUT2D eigenvalue weighted by Crippen LogP contribution is 2.69. The summed E-state index contributed by atoms with van der Waals surface area (Å²) >= 11 is 0. The van der Waals surface area contributed by atoms with Crippen LogP contribution in [0.1, 0.15) is 106 Å². The predicted molar refractivity (Wildman–Crippen MR) is 122 cm³/mol. The summed E-state index contributed by atoms with van der Waals surface area (Å²) in [5.74, 6) is 7.84. The third-order valence-electron chi connectivity index (χ3n) is 11.1. The Hall–Kier alpha value is -0.260. The summed E-state index contributed by atoms with van der Waals surface area (Å²) in [6.07, 6.45) is 14.8. The molecule has 4 aliphatic rings. The molecule has 28 heavy (non-hydrogen) atoms. The molecule has 4 saturated carbocycles. The predicted octanol–water partition coefficient (Wildman–Crippen LogP) is 8.52. The molecule has 0 aliphatic heterocycles. The van der Waals surface area contributed by atoms with Crippen LogP contribution in [-0.2, 0) is 0 Å². The Morgan fingerprint density at radius 1 is 0.964 bits per heavy atom. The minimum absolute atomic E-state index is 0.620. The minimum Gasteiger partial charge on any atom is -0.100 e. The van der Waals surface area contributed by atoms with Gasteiger partial charge in [-0.05, 0) is 123 Å². The van der Waals surface area contributed by atoms with Crippen molar-refractivity contribution >= 4 is 0 Å². The summed E-state index contributed by atoms with van der Waals surface area (Å²) in [5.41, 5.74) is 2.66. The number of fused-ring (bicyclic) bond motifs is 5. The first-order chi connectivity index (χ1) is 13.2. The smallest absolute Gasteiger partial charge is 0.0264 e. The lowest BCUT2D eigenvalue weighted by Crippen LogP contribution is -2.56. The maximum atomic E-state index is 4.17. The summed E-state index contributed by atoms with van der Waals surface area (Å²) < 4.78 is 0. The van der Waals surface area contributed by atoms with Crippen LogP contribution < -0.4 is 0 Å². The minimum atomic E-state index is 0.620. The second-order valence-corrected chi connectivity index (χ2v) is 12.8. The maximum Gasteiger partial charge on any atom is -0.0264 e. The van der Waals surface area contributed by atoms with Gasteiger partial charge in [0.05, 0.1) is 0 Å². The Kier molecular flexibility index (Phi) is 5.59. The molecule has 0 aromatic rings. The van der Waals surface area contributed by atoms with Crippen LogP contribution in [0.2, 0.25) is 0 Å². The Balaban J connectivity index is 1.55. The average Bonchev–Trinajstić information content (AvgIpc) is 2.98. The molecule has 4 aliphatic carbocycles. The van der Waals surface area contributed by atoms with E-state index in [4.69, 9.17) is 0 Å². The maximum absolute atomic E-state index is 4.17. The SMILES string of the molecule is C=C(C)CC[C@@H](C)C1CC[C@H]2C3C(C)CC4C[C@H](C)CCC4(C)[C@H]3CCC12C. The molecule has 0 aromatic heterocycles. The normalized spacial score (nSPS) is 51.7. The zero-order valence-corrected chi connectivity index (χ0v) is 19.9. The fraction of sp³-hybridized carbons (Fsp3) is 0.929. The first kappa shape index (κ1) is 21.0. The van der Waals surface area contributed by atoms with Gasteiger partial charge >= 0.3 is 0 Å².